The van der Waals surface area contributed by atoms with Crippen molar-refractivity contribution in [2.45, 2.75) is 65.8 Å². The second-order valence-electron chi connectivity index (χ2n) is 4.72. The largest absolute Gasteiger partial charge is 0.313 e. The van der Waals surface area contributed by atoms with Crippen LogP contribution in [0.4, 0.5) is 0 Å². The summed E-state index contributed by atoms with van der Waals surface area (Å²) in [7, 11) is 0. The van der Waals surface area contributed by atoms with Crippen molar-refractivity contribution in [3.8, 4) is 0 Å². The van der Waals surface area contributed by atoms with Gasteiger partial charge in [-0.1, -0.05) is 39.5 Å². The molecule has 3 heteroatoms. The minimum absolute atomic E-state index is 0.948. The highest BCUT2D eigenvalue weighted by molar-refractivity contribution is 5.24. The Morgan fingerprint density at radius 1 is 1.12 bits per heavy atom. The molecule has 0 radical (unpaired) electrons. The van der Waals surface area contributed by atoms with Gasteiger partial charge in [0, 0.05) is 17.8 Å². The molecule has 0 amide bonds. The Bertz CT molecular complexity index is 304. The van der Waals surface area contributed by atoms with Crippen LogP contribution in [0.25, 0.3) is 0 Å². The van der Waals surface area contributed by atoms with E-state index in [1.807, 2.05) is 0 Å². The van der Waals surface area contributed by atoms with Crippen molar-refractivity contribution in [2.24, 2.45) is 0 Å². The molecule has 0 unspecified atom stereocenters. The number of rotatable bonds is 9. The van der Waals surface area contributed by atoms with Crippen molar-refractivity contribution in [3.05, 3.63) is 17.0 Å². The van der Waals surface area contributed by atoms with Crippen molar-refractivity contribution in [1.29, 1.82) is 0 Å². The minimum atomic E-state index is 0.948. The van der Waals surface area contributed by atoms with E-state index in [2.05, 4.69) is 36.3 Å². The summed E-state index contributed by atoms with van der Waals surface area (Å²) in [6.45, 7) is 8.47. The Morgan fingerprint density at radius 2 is 1.88 bits per heavy atom. The molecule has 1 heterocycles. The normalized spacial score (nSPS) is 11.0. The van der Waals surface area contributed by atoms with Crippen LogP contribution in [-0.2, 0) is 13.0 Å². The van der Waals surface area contributed by atoms with Crippen LogP contribution < -0.4 is 5.32 Å². The van der Waals surface area contributed by atoms with Crippen molar-refractivity contribution < 1.29 is 0 Å². The third kappa shape index (κ3) is 4.90. The Labute approximate surface area is 105 Å². The van der Waals surface area contributed by atoms with E-state index in [1.165, 1.54) is 49.1 Å². The highest BCUT2D eigenvalue weighted by Crippen LogP contribution is 2.14. The molecule has 0 bridgehead atoms. The highest BCUT2D eigenvalue weighted by atomic mass is 15.1. The summed E-state index contributed by atoms with van der Waals surface area (Å²) in [5, 5.41) is 10.9. The number of nitrogens with zero attached hydrogens (tertiary/aromatic N) is 1. The van der Waals surface area contributed by atoms with Crippen LogP contribution in [0.15, 0.2) is 0 Å². The third-order valence-electron chi connectivity index (χ3n) is 3.23. The van der Waals surface area contributed by atoms with E-state index in [9.17, 15) is 0 Å². The number of hydrogen-bond acceptors (Lipinski definition) is 2. The van der Waals surface area contributed by atoms with Gasteiger partial charge in [0.15, 0.2) is 0 Å². The molecule has 98 valence electrons. The van der Waals surface area contributed by atoms with Crippen molar-refractivity contribution in [2.75, 3.05) is 6.54 Å². The van der Waals surface area contributed by atoms with Gasteiger partial charge in [-0.05, 0) is 26.3 Å². The van der Waals surface area contributed by atoms with E-state index in [0.717, 1.165) is 19.5 Å². The highest BCUT2D eigenvalue weighted by Gasteiger charge is 2.08. The Balaban J connectivity index is 2.36. The van der Waals surface area contributed by atoms with Gasteiger partial charge >= 0.3 is 0 Å². The second kappa shape index (κ2) is 8.29. The number of H-pyrrole nitrogens is 1. The van der Waals surface area contributed by atoms with E-state index < -0.39 is 0 Å². The first-order valence-corrected chi connectivity index (χ1v) is 7.03. The van der Waals surface area contributed by atoms with Gasteiger partial charge in [0.25, 0.3) is 0 Å². The summed E-state index contributed by atoms with van der Waals surface area (Å²) < 4.78 is 0. The molecule has 17 heavy (non-hydrogen) atoms. The number of unbranched alkanes of at least 4 members (excludes halogenated alkanes) is 4. The van der Waals surface area contributed by atoms with Gasteiger partial charge < -0.3 is 5.32 Å². The van der Waals surface area contributed by atoms with Gasteiger partial charge in [-0.2, -0.15) is 5.10 Å². The van der Waals surface area contributed by atoms with Gasteiger partial charge in [-0.3, -0.25) is 5.10 Å². The zero-order valence-corrected chi connectivity index (χ0v) is 11.6. The molecule has 1 aromatic heterocycles. The van der Waals surface area contributed by atoms with E-state index >= 15 is 0 Å². The Morgan fingerprint density at radius 3 is 2.59 bits per heavy atom. The summed E-state index contributed by atoms with van der Waals surface area (Å²) >= 11 is 0. The van der Waals surface area contributed by atoms with Crippen LogP contribution in [0.3, 0.4) is 0 Å². The average Bonchev–Trinajstić information content (AvgIpc) is 2.68. The quantitative estimate of drug-likeness (QED) is 0.647. The predicted octanol–water partition coefficient (Wildman–Crippen LogP) is 3.34. The SMILES string of the molecule is CCCCCCCc1n[nH]c(C)c1CNCC. The summed E-state index contributed by atoms with van der Waals surface area (Å²) in [4.78, 5) is 0. The van der Waals surface area contributed by atoms with Crippen LogP contribution in [0.1, 0.15) is 62.9 Å². The number of hydrogen-bond donors (Lipinski definition) is 2. The summed E-state index contributed by atoms with van der Waals surface area (Å²) in [6.07, 6.45) is 7.76. The van der Waals surface area contributed by atoms with Gasteiger partial charge in [0.05, 0.1) is 5.69 Å². The zero-order valence-electron chi connectivity index (χ0n) is 11.6. The number of nitrogens with one attached hydrogen (secondary N) is 2. The maximum Gasteiger partial charge on any atom is 0.0669 e. The maximum absolute atomic E-state index is 4.42. The first-order valence-electron chi connectivity index (χ1n) is 7.03. The van der Waals surface area contributed by atoms with E-state index in [-0.39, 0.29) is 0 Å². The first kappa shape index (κ1) is 14.2. The zero-order chi connectivity index (χ0) is 12.5. The lowest BCUT2D eigenvalue weighted by Gasteiger charge is -2.04. The van der Waals surface area contributed by atoms with Crippen molar-refractivity contribution in [3.63, 3.8) is 0 Å². The molecule has 0 aliphatic heterocycles. The molecule has 0 saturated carbocycles. The molecule has 1 rings (SSSR count). The third-order valence-corrected chi connectivity index (χ3v) is 3.23. The molecule has 0 aromatic carbocycles. The standard InChI is InChI=1S/C14H27N3/c1-4-6-7-8-9-10-14-13(11-15-5-2)12(3)16-17-14/h15H,4-11H2,1-3H3,(H,16,17). The second-order valence-corrected chi connectivity index (χ2v) is 4.72. The molecule has 0 saturated heterocycles. The lowest BCUT2D eigenvalue weighted by atomic mass is 10.1. The van der Waals surface area contributed by atoms with Crippen LogP contribution in [-0.4, -0.2) is 16.7 Å². The Hall–Kier alpha value is -0.830. The fraction of sp³-hybridized carbons (Fsp3) is 0.786. The number of aromatic amines is 1. The van der Waals surface area contributed by atoms with Crippen molar-refractivity contribution in [1.82, 2.24) is 15.5 Å². The van der Waals surface area contributed by atoms with E-state index in [0.29, 0.717) is 0 Å². The van der Waals surface area contributed by atoms with Gasteiger partial charge in [0.1, 0.15) is 0 Å². The average molecular weight is 237 g/mol. The molecule has 0 fully saturated rings. The monoisotopic (exact) mass is 237 g/mol. The first-order chi connectivity index (χ1) is 8.29. The predicted molar refractivity (Wildman–Crippen MR) is 73.2 cm³/mol. The van der Waals surface area contributed by atoms with Gasteiger partial charge in [-0.25, -0.2) is 0 Å². The molecular formula is C14H27N3. The number of aromatic nitrogens is 2. The molecule has 0 spiro atoms. The molecule has 2 N–H and O–H groups in total. The van der Waals surface area contributed by atoms with E-state index in [1.54, 1.807) is 0 Å². The summed E-state index contributed by atoms with van der Waals surface area (Å²) in [5.41, 5.74) is 3.86. The fourth-order valence-electron chi connectivity index (χ4n) is 2.09. The lowest BCUT2D eigenvalue weighted by molar-refractivity contribution is 0.623. The van der Waals surface area contributed by atoms with Crippen LogP contribution in [0.5, 0.6) is 0 Å². The van der Waals surface area contributed by atoms with Crippen molar-refractivity contribution >= 4 is 0 Å². The molecule has 3 nitrogen and oxygen atoms in total. The van der Waals surface area contributed by atoms with Crippen LogP contribution >= 0.6 is 0 Å². The summed E-state index contributed by atoms with van der Waals surface area (Å²) in [6, 6.07) is 0. The minimum Gasteiger partial charge on any atom is -0.313 e. The van der Waals surface area contributed by atoms with Crippen LogP contribution in [0.2, 0.25) is 0 Å². The lowest BCUT2D eigenvalue weighted by Crippen LogP contribution is -2.13. The maximum atomic E-state index is 4.42. The molecule has 1 aromatic rings. The molecule has 0 atom stereocenters. The molecule has 0 aliphatic rings. The summed E-state index contributed by atoms with van der Waals surface area (Å²) in [5.74, 6) is 0. The Kier molecular flexibility index (Phi) is 6.94. The van der Waals surface area contributed by atoms with Crippen LogP contribution in [0, 0.1) is 6.92 Å². The van der Waals surface area contributed by atoms with E-state index in [4.69, 9.17) is 0 Å². The molecule has 0 aliphatic carbocycles. The fourth-order valence-corrected chi connectivity index (χ4v) is 2.09. The van der Waals surface area contributed by atoms with Gasteiger partial charge in [0.2, 0.25) is 0 Å². The topological polar surface area (TPSA) is 40.7 Å². The molecular weight excluding hydrogens is 210 g/mol. The van der Waals surface area contributed by atoms with Gasteiger partial charge in [-0.15, -0.1) is 0 Å². The number of aryl methyl sites for hydroxylation is 2. The smallest absolute Gasteiger partial charge is 0.0669 e.